The van der Waals surface area contributed by atoms with Crippen LogP contribution in [0.3, 0.4) is 0 Å². The molecule has 0 saturated heterocycles. The highest BCUT2D eigenvalue weighted by Gasteiger charge is 2.24. The predicted octanol–water partition coefficient (Wildman–Crippen LogP) is 0.504. The first-order chi connectivity index (χ1) is 9.46. The summed E-state index contributed by atoms with van der Waals surface area (Å²) in [7, 11) is 0. The van der Waals surface area contributed by atoms with Crippen molar-refractivity contribution >= 4 is 11.9 Å². The zero-order valence-corrected chi connectivity index (χ0v) is 13.1. The van der Waals surface area contributed by atoms with E-state index in [1.165, 1.54) is 0 Å². The number of esters is 1. The van der Waals surface area contributed by atoms with Crippen molar-refractivity contribution in [3.63, 3.8) is 0 Å². The third-order valence-corrected chi connectivity index (χ3v) is 3.22. The van der Waals surface area contributed by atoms with Gasteiger partial charge in [-0.15, -0.1) is 0 Å². The number of carbonyl (C=O) groups excluding carboxylic acids is 2. The van der Waals surface area contributed by atoms with Crippen LogP contribution in [-0.4, -0.2) is 55.1 Å². The molecule has 118 valence electrons. The quantitative estimate of drug-likeness (QED) is 0.451. The molecule has 2 unspecified atom stereocenters. The summed E-state index contributed by atoms with van der Waals surface area (Å²) < 4.78 is 4.72. The molecule has 0 aliphatic carbocycles. The van der Waals surface area contributed by atoms with Crippen molar-refractivity contribution in [2.45, 2.75) is 52.6 Å². The Morgan fingerprint density at radius 1 is 1.25 bits per heavy atom. The van der Waals surface area contributed by atoms with Crippen molar-refractivity contribution in [2.75, 3.05) is 26.2 Å². The number of ether oxygens (including phenoxy) is 1. The van der Waals surface area contributed by atoms with Gasteiger partial charge in [-0.05, 0) is 46.3 Å². The minimum atomic E-state index is -1.24. The molecular weight excluding hydrogens is 258 g/mol. The lowest BCUT2D eigenvalue weighted by molar-refractivity contribution is -0.148. The Kier molecular flexibility index (Phi) is 10.0. The number of amides is 1. The fourth-order valence-corrected chi connectivity index (χ4v) is 1.90. The molecule has 0 rings (SSSR count). The van der Waals surface area contributed by atoms with Gasteiger partial charge in [0.1, 0.15) is 0 Å². The summed E-state index contributed by atoms with van der Waals surface area (Å²) in [6.45, 7) is 11.2. The Bertz CT molecular complexity index is 293. The summed E-state index contributed by atoms with van der Waals surface area (Å²) in [6, 6.07) is -1.24. The molecule has 0 bridgehead atoms. The third-order valence-electron chi connectivity index (χ3n) is 3.22. The standard InChI is InChI=1S/C14H29N3O3/c1-5-17(6-2)10-8-9-11(4)16-13(18)12(15)14(19)20-7-3/h11-12H,5-10,15H2,1-4H3,(H,16,18). The fraction of sp³-hybridized carbons (Fsp3) is 0.857. The molecule has 0 radical (unpaired) electrons. The monoisotopic (exact) mass is 287 g/mol. The number of rotatable bonds is 10. The second-order valence-electron chi connectivity index (χ2n) is 4.81. The van der Waals surface area contributed by atoms with Gasteiger partial charge in [0, 0.05) is 6.04 Å². The first-order valence-corrected chi connectivity index (χ1v) is 7.41. The Hall–Kier alpha value is -1.14. The molecule has 0 saturated carbocycles. The van der Waals surface area contributed by atoms with Gasteiger partial charge in [-0.25, -0.2) is 4.79 Å². The summed E-state index contributed by atoms with van der Waals surface area (Å²) in [5.41, 5.74) is 5.52. The van der Waals surface area contributed by atoms with E-state index < -0.39 is 17.9 Å². The second-order valence-corrected chi connectivity index (χ2v) is 4.81. The lowest BCUT2D eigenvalue weighted by Crippen LogP contribution is -2.49. The van der Waals surface area contributed by atoms with Crippen LogP contribution in [0.5, 0.6) is 0 Å². The maximum atomic E-state index is 11.7. The SMILES string of the molecule is CCOC(=O)C(N)C(=O)NC(C)CCCN(CC)CC. The van der Waals surface area contributed by atoms with Crippen LogP contribution in [0.15, 0.2) is 0 Å². The zero-order valence-electron chi connectivity index (χ0n) is 13.1. The highest BCUT2D eigenvalue weighted by molar-refractivity contribution is 6.01. The average Bonchev–Trinajstić information content (AvgIpc) is 2.42. The van der Waals surface area contributed by atoms with Crippen LogP contribution in [0.2, 0.25) is 0 Å². The van der Waals surface area contributed by atoms with Gasteiger partial charge in [-0.1, -0.05) is 13.8 Å². The fourth-order valence-electron chi connectivity index (χ4n) is 1.90. The van der Waals surface area contributed by atoms with E-state index in [9.17, 15) is 9.59 Å². The number of nitrogens with one attached hydrogen (secondary N) is 1. The Labute approximate surface area is 122 Å². The smallest absolute Gasteiger partial charge is 0.332 e. The predicted molar refractivity (Wildman–Crippen MR) is 79.2 cm³/mol. The van der Waals surface area contributed by atoms with Gasteiger partial charge < -0.3 is 20.7 Å². The molecule has 0 aromatic heterocycles. The number of nitrogens with two attached hydrogens (primary N) is 1. The van der Waals surface area contributed by atoms with Gasteiger partial charge >= 0.3 is 5.97 Å². The van der Waals surface area contributed by atoms with Crippen LogP contribution in [-0.2, 0) is 14.3 Å². The van der Waals surface area contributed by atoms with Crippen molar-refractivity contribution in [2.24, 2.45) is 5.73 Å². The third kappa shape index (κ3) is 7.45. The molecule has 0 aromatic carbocycles. The molecule has 0 fully saturated rings. The van der Waals surface area contributed by atoms with Gasteiger partial charge in [0.05, 0.1) is 6.61 Å². The Morgan fingerprint density at radius 3 is 2.35 bits per heavy atom. The van der Waals surface area contributed by atoms with Crippen LogP contribution < -0.4 is 11.1 Å². The van der Waals surface area contributed by atoms with Crippen molar-refractivity contribution < 1.29 is 14.3 Å². The van der Waals surface area contributed by atoms with Gasteiger partial charge in [-0.3, -0.25) is 4.79 Å². The van der Waals surface area contributed by atoms with E-state index in [1.54, 1.807) is 6.92 Å². The minimum absolute atomic E-state index is 0.00135. The number of carbonyl (C=O) groups is 2. The molecule has 0 aromatic rings. The molecule has 3 N–H and O–H groups in total. The summed E-state index contributed by atoms with van der Waals surface area (Å²) >= 11 is 0. The lowest BCUT2D eigenvalue weighted by atomic mass is 10.1. The van der Waals surface area contributed by atoms with Crippen LogP contribution in [0, 0.1) is 0 Å². The van der Waals surface area contributed by atoms with Crippen molar-refractivity contribution in [3.8, 4) is 0 Å². The average molecular weight is 287 g/mol. The van der Waals surface area contributed by atoms with Gasteiger partial charge in [0.15, 0.2) is 6.04 Å². The van der Waals surface area contributed by atoms with E-state index in [-0.39, 0.29) is 12.6 Å². The highest BCUT2D eigenvalue weighted by Crippen LogP contribution is 2.00. The summed E-state index contributed by atoms with van der Waals surface area (Å²) in [5.74, 6) is -1.15. The van der Waals surface area contributed by atoms with Crippen LogP contribution in [0.25, 0.3) is 0 Å². The van der Waals surface area contributed by atoms with Crippen molar-refractivity contribution in [3.05, 3.63) is 0 Å². The van der Waals surface area contributed by atoms with Gasteiger partial charge in [0.2, 0.25) is 5.91 Å². The van der Waals surface area contributed by atoms with Crippen LogP contribution >= 0.6 is 0 Å². The largest absolute Gasteiger partial charge is 0.464 e. The molecule has 0 aliphatic heterocycles. The van der Waals surface area contributed by atoms with E-state index in [4.69, 9.17) is 10.5 Å². The normalized spacial score (nSPS) is 13.9. The molecule has 6 heteroatoms. The summed E-state index contributed by atoms with van der Waals surface area (Å²) in [6.07, 6.45) is 1.86. The zero-order chi connectivity index (χ0) is 15.5. The summed E-state index contributed by atoms with van der Waals surface area (Å²) in [5, 5.41) is 2.75. The summed E-state index contributed by atoms with van der Waals surface area (Å²) in [4.78, 5) is 25.4. The van der Waals surface area contributed by atoms with E-state index in [2.05, 4.69) is 24.1 Å². The number of hydrogen-bond acceptors (Lipinski definition) is 5. The first-order valence-electron chi connectivity index (χ1n) is 7.41. The van der Waals surface area contributed by atoms with Crippen LogP contribution in [0.1, 0.15) is 40.5 Å². The Balaban J connectivity index is 3.98. The van der Waals surface area contributed by atoms with E-state index in [1.807, 2.05) is 6.92 Å². The van der Waals surface area contributed by atoms with Gasteiger partial charge in [0.25, 0.3) is 0 Å². The maximum Gasteiger partial charge on any atom is 0.332 e. The number of nitrogens with zero attached hydrogens (tertiary/aromatic N) is 1. The molecule has 2 atom stereocenters. The lowest BCUT2D eigenvalue weighted by Gasteiger charge is -2.20. The first kappa shape index (κ1) is 18.9. The minimum Gasteiger partial charge on any atom is -0.464 e. The van der Waals surface area contributed by atoms with Crippen molar-refractivity contribution in [1.82, 2.24) is 10.2 Å². The maximum absolute atomic E-state index is 11.7. The van der Waals surface area contributed by atoms with Gasteiger partial charge in [-0.2, -0.15) is 0 Å². The molecule has 0 spiro atoms. The highest BCUT2D eigenvalue weighted by atomic mass is 16.5. The molecule has 1 amide bonds. The van der Waals surface area contributed by atoms with Crippen LogP contribution in [0.4, 0.5) is 0 Å². The molecule has 0 aliphatic rings. The topological polar surface area (TPSA) is 84.7 Å². The van der Waals surface area contributed by atoms with E-state index in [0.29, 0.717) is 0 Å². The van der Waals surface area contributed by atoms with E-state index >= 15 is 0 Å². The molecule has 6 nitrogen and oxygen atoms in total. The molecular formula is C14H29N3O3. The van der Waals surface area contributed by atoms with Crippen molar-refractivity contribution in [1.29, 1.82) is 0 Å². The number of hydrogen-bond donors (Lipinski definition) is 2. The molecule has 0 heterocycles. The Morgan fingerprint density at radius 2 is 1.85 bits per heavy atom. The second kappa shape index (κ2) is 10.6. The molecule has 20 heavy (non-hydrogen) atoms. The van der Waals surface area contributed by atoms with E-state index in [0.717, 1.165) is 32.5 Å².